The molecule has 0 bridgehead atoms. The van der Waals surface area contributed by atoms with Crippen LogP contribution in [0.15, 0.2) is 36.4 Å². The smallest absolute Gasteiger partial charge is 0.418 e. The van der Waals surface area contributed by atoms with Gasteiger partial charge in [-0.05, 0) is 49.3 Å². The molecule has 0 aliphatic heterocycles. The SMILES string of the molecule is O=C(Nc1cc(Cl)c(O)c(NC(=S)Nc2ccccc2C(F)(F)F)c1)NC1CCCCC1. The summed E-state index contributed by atoms with van der Waals surface area (Å²) in [7, 11) is 0. The fraction of sp³-hybridized carbons (Fsp3) is 0.333. The number of nitrogens with one attached hydrogen (secondary N) is 4. The first kappa shape index (κ1) is 23.9. The molecular weight excluding hydrogens is 465 g/mol. The van der Waals surface area contributed by atoms with E-state index < -0.39 is 17.8 Å². The Hall–Kier alpha value is -2.72. The summed E-state index contributed by atoms with van der Waals surface area (Å²) in [5.41, 5.74) is -0.833. The molecule has 1 saturated carbocycles. The summed E-state index contributed by atoms with van der Waals surface area (Å²) in [4.78, 5) is 12.3. The molecule has 2 amide bonds. The van der Waals surface area contributed by atoms with Gasteiger partial charge in [0.05, 0.1) is 22.0 Å². The Kier molecular flexibility index (Phi) is 7.68. The van der Waals surface area contributed by atoms with Crippen molar-refractivity contribution in [3.63, 3.8) is 0 Å². The maximum absolute atomic E-state index is 13.2. The van der Waals surface area contributed by atoms with E-state index in [1.807, 2.05) is 0 Å². The van der Waals surface area contributed by atoms with E-state index >= 15 is 0 Å². The van der Waals surface area contributed by atoms with Crippen LogP contribution in [0.3, 0.4) is 0 Å². The van der Waals surface area contributed by atoms with Gasteiger partial charge in [0, 0.05) is 11.7 Å². The number of amides is 2. The van der Waals surface area contributed by atoms with Crippen molar-refractivity contribution in [3.8, 4) is 5.75 Å². The predicted molar refractivity (Wildman–Crippen MR) is 123 cm³/mol. The lowest BCUT2D eigenvalue weighted by atomic mass is 9.96. The third kappa shape index (κ3) is 6.39. The molecule has 1 aliphatic rings. The molecule has 172 valence electrons. The highest BCUT2D eigenvalue weighted by Crippen LogP contribution is 2.37. The van der Waals surface area contributed by atoms with Crippen LogP contribution in [-0.2, 0) is 6.18 Å². The molecule has 3 rings (SSSR count). The molecular formula is C21H22ClF3N4O2S. The van der Waals surface area contributed by atoms with Crippen molar-refractivity contribution in [2.45, 2.75) is 44.3 Å². The lowest BCUT2D eigenvalue weighted by Gasteiger charge is -2.23. The quantitative estimate of drug-likeness (QED) is 0.198. The lowest BCUT2D eigenvalue weighted by molar-refractivity contribution is -0.136. The number of aromatic hydroxyl groups is 1. The first-order chi connectivity index (χ1) is 15.1. The molecule has 32 heavy (non-hydrogen) atoms. The van der Waals surface area contributed by atoms with E-state index in [9.17, 15) is 23.1 Å². The van der Waals surface area contributed by atoms with E-state index in [2.05, 4.69) is 21.3 Å². The van der Waals surface area contributed by atoms with E-state index in [1.54, 1.807) is 0 Å². The number of alkyl halides is 3. The van der Waals surface area contributed by atoms with Gasteiger partial charge in [0.1, 0.15) is 0 Å². The number of hydrogen-bond acceptors (Lipinski definition) is 3. The Bertz CT molecular complexity index is 997. The van der Waals surface area contributed by atoms with Crippen LogP contribution in [0.25, 0.3) is 0 Å². The molecule has 0 atom stereocenters. The molecule has 1 aliphatic carbocycles. The van der Waals surface area contributed by atoms with Crippen LogP contribution < -0.4 is 21.3 Å². The van der Waals surface area contributed by atoms with E-state index in [0.29, 0.717) is 0 Å². The van der Waals surface area contributed by atoms with Gasteiger partial charge in [0.2, 0.25) is 0 Å². The van der Waals surface area contributed by atoms with Gasteiger partial charge < -0.3 is 26.4 Å². The number of para-hydroxylation sites is 1. The number of phenols is 1. The number of hydrogen-bond donors (Lipinski definition) is 5. The van der Waals surface area contributed by atoms with Crippen LogP contribution >= 0.6 is 23.8 Å². The number of anilines is 3. The summed E-state index contributed by atoms with van der Waals surface area (Å²) >= 11 is 11.1. The van der Waals surface area contributed by atoms with Gasteiger partial charge in [0.15, 0.2) is 10.9 Å². The maximum atomic E-state index is 13.2. The number of carbonyl (C=O) groups is 1. The topological polar surface area (TPSA) is 85.4 Å². The molecule has 1 fully saturated rings. The second-order valence-corrected chi connectivity index (χ2v) is 8.23. The van der Waals surface area contributed by atoms with Crippen LogP contribution in [0.2, 0.25) is 5.02 Å². The molecule has 0 spiro atoms. The summed E-state index contributed by atoms with van der Waals surface area (Å²) in [6, 6.07) is 7.28. The highest BCUT2D eigenvalue weighted by molar-refractivity contribution is 7.80. The maximum Gasteiger partial charge on any atom is 0.418 e. The van der Waals surface area contributed by atoms with E-state index in [4.69, 9.17) is 23.8 Å². The van der Waals surface area contributed by atoms with Gasteiger partial charge in [-0.15, -0.1) is 0 Å². The number of rotatable bonds is 4. The average Bonchev–Trinajstić information content (AvgIpc) is 2.72. The number of thiocarbonyl (C=S) groups is 1. The molecule has 0 radical (unpaired) electrons. The van der Waals surface area contributed by atoms with E-state index in [-0.39, 0.29) is 39.0 Å². The summed E-state index contributed by atoms with van der Waals surface area (Å²) < 4.78 is 39.5. The zero-order valence-corrected chi connectivity index (χ0v) is 18.4. The second-order valence-electron chi connectivity index (χ2n) is 7.41. The van der Waals surface area contributed by atoms with Crippen molar-refractivity contribution in [3.05, 3.63) is 47.0 Å². The van der Waals surface area contributed by atoms with Crippen LogP contribution in [0, 0.1) is 0 Å². The van der Waals surface area contributed by atoms with Gasteiger partial charge in [-0.1, -0.05) is 43.0 Å². The molecule has 0 unspecified atom stereocenters. The summed E-state index contributed by atoms with van der Waals surface area (Å²) in [5.74, 6) is -0.363. The highest BCUT2D eigenvalue weighted by atomic mass is 35.5. The minimum atomic E-state index is -4.57. The average molecular weight is 487 g/mol. The molecule has 0 saturated heterocycles. The molecule has 2 aromatic carbocycles. The zero-order valence-electron chi connectivity index (χ0n) is 16.9. The monoisotopic (exact) mass is 486 g/mol. The lowest BCUT2D eigenvalue weighted by Crippen LogP contribution is -2.39. The second kappa shape index (κ2) is 10.3. The fourth-order valence-corrected chi connectivity index (χ4v) is 3.92. The Morgan fingerprint density at radius 3 is 2.38 bits per heavy atom. The standard InChI is InChI=1S/C21H22ClF3N4O2S/c22-15-10-13(27-19(31)26-12-6-2-1-3-7-12)11-17(18(15)30)29-20(32)28-16-9-5-4-8-14(16)21(23,24)25/h4-5,8-12,30H,1-3,6-7H2,(H2,26,27,31)(H2,28,29,32). The van der Waals surface area contributed by atoms with Crippen LogP contribution in [0.1, 0.15) is 37.7 Å². The number of urea groups is 1. The Morgan fingerprint density at radius 2 is 1.69 bits per heavy atom. The normalized spacial score (nSPS) is 14.5. The fourth-order valence-electron chi connectivity index (χ4n) is 3.48. The van der Waals surface area contributed by atoms with Gasteiger partial charge >= 0.3 is 12.2 Å². The zero-order chi connectivity index (χ0) is 23.3. The number of phenolic OH excluding ortho intramolecular Hbond substituents is 1. The summed E-state index contributed by atoms with van der Waals surface area (Å²) in [5, 5.41) is 20.6. The van der Waals surface area contributed by atoms with Gasteiger partial charge in [0.25, 0.3) is 0 Å². The number of benzene rings is 2. The third-order valence-corrected chi connectivity index (χ3v) is 5.48. The first-order valence-corrected chi connectivity index (χ1v) is 10.8. The molecule has 0 aromatic heterocycles. The van der Waals surface area contributed by atoms with Crippen molar-refractivity contribution < 1.29 is 23.1 Å². The van der Waals surface area contributed by atoms with Crippen LogP contribution in [0.5, 0.6) is 5.75 Å². The van der Waals surface area contributed by atoms with Crippen molar-refractivity contribution >= 4 is 52.0 Å². The Morgan fingerprint density at radius 1 is 1.03 bits per heavy atom. The largest absolute Gasteiger partial charge is 0.504 e. The van der Waals surface area contributed by atoms with Gasteiger partial charge in [-0.2, -0.15) is 13.2 Å². The summed E-state index contributed by atoms with van der Waals surface area (Å²) in [6.07, 6.45) is 0.535. The molecule has 2 aromatic rings. The van der Waals surface area contributed by atoms with Crippen LogP contribution in [0.4, 0.5) is 35.0 Å². The molecule has 5 N–H and O–H groups in total. The summed E-state index contributed by atoms with van der Waals surface area (Å²) in [6.45, 7) is 0. The predicted octanol–water partition coefficient (Wildman–Crippen LogP) is 6.33. The molecule has 6 nitrogen and oxygen atoms in total. The van der Waals surface area contributed by atoms with E-state index in [1.165, 1.54) is 30.3 Å². The Balaban J connectivity index is 1.69. The molecule has 11 heteroatoms. The van der Waals surface area contributed by atoms with E-state index in [0.717, 1.165) is 38.2 Å². The van der Waals surface area contributed by atoms with Crippen molar-refractivity contribution in [2.24, 2.45) is 0 Å². The number of carbonyl (C=O) groups excluding carboxylic acids is 1. The van der Waals surface area contributed by atoms with Crippen LogP contribution in [-0.4, -0.2) is 22.3 Å². The minimum Gasteiger partial charge on any atom is -0.504 e. The Labute approximate surface area is 193 Å². The van der Waals surface area contributed by atoms with Crippen molar-refractivity contribution in [1.82, 2.24) is 5.32 Å². The van der Waals surface area contributed by atoms with Crippen molar-refractivity contribution in [2.75, 3.05) is 16.0 Å². The highest BCUT2D eigenvalue weighted by Gasteiger charge is 2.33. The molecule has 0 heterocycles. The van der Waals surface area contributed by atoms with Gasteiger partial charge in [-0.3, -0.25) is 0 Å². The number of halogens is 4. The minimum absolute atomic E-state index is 0.0208. The first-order valence-electron chi connectivity index (χ1n) is 9.98. The third-order valence-electron chi connectivity index (χ3n) is 4.99. The van der Waals surface area contributed by atoms with Gasteiger partial charge in [-0.25, -0.2) is 4.79 Å². The van der Waals surface area contributed by atoms with Crippen molar-refractivity contribution in [1.29, 1.82) is 0 Å².